The van der Waals surface area contributed by atoms with Crippen LogP contribution in [0.4, 0.5) is 20.6 Å². The molecule has 0 radical (unpaired) electrons. The Bertz CT molecular complexity index is 780. The minimum atomic E-state index is -0.786. The van der Waals surface area contributed by atoms with Gasteiger partial charge in [0.15, 0.2) is 0 Å². The van der Waals surface area contributed by atoms with Crippen LogP contribution < -0.4 is 10.2 Å². The highest BCUT2D eigenvalue weighted by atomic mass is 32.2. The number of carbonyl (C=O) groups excluding carboxylic acids is 3. The number of nitrogens with one attached hydrogen (secondary N) is 1. The van der Waals surface area contributed by atoms with Crippen molar-refractivity contribution < 1.29 is 18.8 Å². The molecule has 0 bridgehead atoms. The highest BCUT2D eigenvalue weighted by Crippen LogP contribution is 2.33. The van der Waals surface area contributed by atoms with E-state index in [0.717, 1.165) is 16.7 Å². The first-order chi connectivity index (χ1) is 11.5. The number of rotatable bonds is 4. The Morgan fingerprint density at radius 3 is 2.42 bits per heavy atom. The molecule has 5 nitrogen and oxygen atoms in total. The normalized spacial score (nSPS) is 17.2. The van der Waals surface area contributed by atoms with Crippen molar-refractivity contribution in [2.24, 2.45) is 0 Å². The summed E-state index contributed by atoms with van der Waals surface area (Å²) in [4.78, 5) is 37.5. The predicted molar refractivity (Wildman–Crippen MR) is 90.3 cm³/mol. The van der Waals surface area contributed by atoms with Gasteiger partial charge in [0.25, 0.3) is 5.24 Å². The number of thioether (sulfide) groups is 1. The van der Waals surface area contributed by atoms with Gasteiger partial charge in [0.2, 0.25) is 11.8 Å². The van der Waals surface area contributed by atoms with Gasteiger partial charge < -0.3 is 5.32 Å². The molecular weight excluding hydrogens is 331 g/mol. The molecule has 0 saturated carbocycles. The summed E-state index contributed by atoms with van der Waals surface area (Å²) in [5, 5.41) is 1.43. The quantitative estimate of drug-likeness (QED) is 0.923. The summed E-state index contributed by atoms with van der Waals surface area (Å²) in [6, 6.07) is 13.9. The lowest BCUT2D eigenvalue weighted by Crippen LogP contribution is -2.32. The van der Waals surface area contributed by atoms with Gasteiger partial charge in [-0.15, -0.1) is 0 Å². The predicted octanol–water partition coefficient (Wildman–Crippen LogP) is 3.42. The smallest absolute Gasteiger partial charge is 0.293 e. The van der Waals surface area contributed by atoms with E-state index in [2.05, 4.69) is 5.32 Å². The molecule has 1 aliphatic rings. The van der Waals surface area contributed by atoms with Crippen LogP contribution in [0.1, 0.15) is 6.42 Å². The third-order valence-electron chi connectivity index (χ3n) is 3.43. The standard InChI is InChI=1S/C17H13FN2O3S/c18-11-6-8-13(9-7-11)20-16(22)14(24-17(20)23)10-15(21)19-12-4-2-1-3-5-12/h1-9,14H,10H2,(H,19,21)/t14-/m0/s1. The van der Waals surface area contributed by atoms with Crippen LogP contribution >= 0.6 is 11.8 Å². The zero-order valence-electron chi connectivity index (χ0n) is 12.4. The summed E-state index contributed by atoms with van der Waals surface area (Å²) < 4.78 is 13.0. The largest absolute Gasteiger partial charge is 0.326 e. The van der Waals surface area contributed by atoms with Crippen LogP contribution in [0.5, 0.6) is 0 Å². The molecule has 0 spiro atoms. The summed E-state index contributed by atoms with van der Waals surface area (Å²) in [5.41, 5.74) is 0.921. The van der Waals surface area contributed by atoms with Gasteiger partial charge in [0.1, 0.15) is 11.1 Å². The number of para-hydroxylation sites is 1. The number of benzene rings is 2. The van der Waals surface area contributed by atoms with E-state index in [1.165, 1.54) is 24.3 Å². The Labute approximate surface area is 141 Å². The maximum atomic E-state index is 13.0. The topological polar surface area (TPSA) is 66.5 Å². The van der Waals surface area contributed by atoms with Crippen molar-refractivity contribution >= 4 is 40.2 Å². The second-order valence-electron chi connectivity index (χ2n) is 5.14. The van der Waals surface area contributed by atoms with Crippen molar-refractivity contribution in [3.05, 3.63) is 60.4 Å². The van der Waals surface area contributed by atoms with Crippen molar-refractivity contribution in [1.82, 2.24) is 0 Å². The van der Waals surface area contributed by atoms with Crippen molar-refractivity contribution in [3.8, 4) is 0 Å². The monoisotopic (exact) mass is 344 g/mol. The SMILES string of the molecule is O=C(C[C@@H]1SC(=O)N(c2ccc(F)cc2)C1=O)Nc1ccccc1. The van der Waals surface area contributed by atoms with E-state index in [4.69, 9.17) is 0 Å². The van der Waals surface area contributed by atoms with Gasteiger partial charge in [0, 0.05) is 12.1 Å². The van der Waals surface area contributed by atoms with E-state index in [1.54, 1.807) is 24.3 Å². The molecule has 1 atom stereocenters. The second-order valence-corrected chi connectivity index (χ2v) is 6.29. The summed E-state index contributed by atoms with van der Waals surface area (Å²) in [6.07, 6.45) is -0.109. The average Bonchev–Trinajstić information content (AvgIpc) is 2.83. The lowest BCUT2D eigenvalue weighted by atomic mass is 10.2. The molecule has 0 aliphatic carbocycles. The van der Waals surface area contributed by atoms with Crippen molar-refractivity contribution in [2.75, 3.05) is 10.2 Å². The Kier molecular flexibility index (Phi) is 4.61. The number of hydrogen-bond acceptors (Lipinski definition) is 4. The first kappa shape index (κ1) is 16.2. The Balaban J connectivity index is 1.67. The highest BCUT2D eigenvalue weighted by molar-refractivity contribution is 8.15. The Morgan fingerprint density at radius 1 is 1.08 bits per heavy atom. The minimum Gasteiger partial charge on any atom is -0.326 e. The van der Waals surface area contributed by atoms with Gasteiger partial charge >= 0.3 is 0 Å². The number of hydrogen-bond donors (Lipinski definition) is 1. The maximum absolute atomic E-state index is 13.0. The zero-order valence-corrected chi connectivity index (χ0v) is 13.3. The van der Waals surface area contributed by atoms with Gasteiger partial charge in [0.05, 0.1) is 5.69 Å². The van der Waals surface area contributed by atoms with Crippen LogP contribution in [-0.2, 0) is 9.59 Å². The first-order valence-electron chi connectivity index (χ1n) is 7.19. The number of imide groups is 1. The average molecular weight is 344 g/mol. The molecule has 0 unspecified atom stereocenters. The van der Waals surface area contributed by atoms with Gasteiger partial charge in [-0.25, -0.2) is 9.29 Å². The molecule has 24 heavy (non-hydrogen) atoms. The molecular formula is C17H13FN2O3S. The Hall–Kier alpha value is -2.67. The molecule has 2 aromatic rings. The lowest BCUT2D eigenvalue weighted by Gasteiger charge is -2.13. The van der Waals surface area contributed by atoms with Crippen LogP contribution in [0, 0.1) is 5.82 Å². The number of halogens is 1. The third kappa shape index (κ3) is 3.46. The zero-order chi connectivity index (χ0) is 17.1. The van der Waals surface area contributed by atoms with Gasteiger partial charge in [-0.05, 0) is 48.2 Å². The number of anilines is 2. The number of amides is 3. The second kappa shape index (κ2) is 6.84. The molecule has 0 aromatic heterocycles. The summed E-state index contributed by atoms with van der Waals surface area (Å²) in [6.45, 7) is 0. The van der Waals surface area contributed by atoms with Crippen molar-refractivity contribution in [3.63, 3.8) is 0 Å². The third-order valence-corrected chi connectivity index (χ3v) is 4.47. The molecule has 1 N–H and O–H groups in total. The fourth-order valence-corrected chi connectivity index (χ4v) is 3.30. The Morgan fingerprint density at radius 2 is 1.75 bits per heavy atom. The summed E-state index contributed by atoms with van der Waals surface area (Å²) >= 11 is 0.803. The number of carbonyl (C=O) groups is 3. The van der Waals surface area contributed by atoms with Gasteiger partial charge in [-0.3, -0.25) is 14.4 Å². The minimum absolute atomic E-state index is 0.109. The van der Waals surface area contributed by atoms with Crippen molar-refractivity contribution in [1.29, 1.82) is 0 Å². The molecule has 2 aromatic carbocycles. The van der Waals surface area contributed by atoms with Crippen LogP contribution in [-0.4, -0.2) is 22.3 Å². The first-order valence-corrected chi connectivity index (χ1v) is 8.07. The lowest BCUT2D eigenvalue weighted by molar-refractivity contribution is -0.121. The molecule has 3 amide bonds. The molecule has 7 heteroatoms. The van der Waals surface area contributed by atoms with Crippen molar-refractivity contribution in [2.45, 2.75) is 11.7 Å². The van der Waals surface area contributed by atoms with E-state index in [9.17, 15) is 18.8 Å². The fourth-order valence-electron chi connectivity index (χ4n) is 2.31. The van der Waals surface area contributed by atoms with Crippen LogP contribution in [0.3, 0.4) is 0 Å². The number of nitrogens with zero attached hydrogens (tertiary/aromatic N) is 1. The van der Waals surface area contributed by atoms with E-state index < -0.39 is 22.2 Å². The molecule has 1 fully saturated rings. The van der Waals surface area contributed by atoms with Crippen LogP contribution in [0.25, 0.3) is 0 Å². The summed E-state index contributed by atoms with van der Waals surface area (Å²) in [5.74, 6) is -1.27. The molecule has 1 saturated heterocycles. The van der Waals surface area contributed by atoms with E-state index in [1.807, 2.05) is 6.07 Å². The maximum Gasteiger partial charge on any atom is 0.293 e. The van der Waals surface area contributed by atoms with Gasteiger partial charge in [-0.1, -0.05) is 18.2 Å². The van der Waals surface area contributed by atoms with Gasteiger partial charge in [-0.2, -0.15) is 0 Å². The molecule has 1 heterocycles. The van der Waals surface area contributed by atoms with E-state index in [0.29, 0.717) is 11.4 Å². The molecule has 1 aliphatic heterocycles. The highest BCUT2D eigenvalue weighted by Gasteiger charge is 2.41. The fraction of sp³-hybridized carbons (Fsp3) is 0.118. The van der Waals surface area contributed by atoms with E-state index in [-0.39, 0.29) is 12.3 Å². The van der Waals surface area contributed by atoms with Crippen LogP contribution in [0.2, 0.25) is 0 Å². The summed E-state index contributed by atoms with van der Waals surface area (Å²) in [7, 11) is 0. The van der Waals surface area contributed by atoms with E-state index >= 15 is 0 Å². The molecule has 3 rings (SSSR count). The van der Waals surface area contributed by atoms with Crippen LogP contribution in [0.15, 0.2) is 54.6 Å². The molecule has 122 valence electrons.